The molecular weight excluding hydrogens is 374 g/mol. The van der Waals surface area contributed by atoms with Crippen LogP contribution in [0, 0.1) is 11.6 Å². The van der Waals surface area contributed by atoms with Crippen LogP contribution < -0.4 is 10.6 Å². The molecule has 0 saturated carbocycles. The van der Waals surface area contributed by atoms with E-state index < -0.39 is 17.5 Å². The maximum absolute atomic E-state index is 13.2. The number of anilines is 2. The Bertz CT molecular complexity index is 933. The Labute approximate surface area is 159 Å². The van der Waals surface area contributed by atoms with Crippen molar-refractivity contribution in [3.8, 4) is 0 Å². The van der Waals surface area contributed by atoms with Gasteiger partial charge < -0.3 is 10.6 Å². The highest BCUT2D eigenvalue weighted by Crippen LogP contribution is 2.14. The van der Waals surface area contributed by atoms with Crippen molar-refractivity contribution in [1.29, 1.82) is 0 Å². The number of carbonyl (C=O) groups excluding carboxylic acids is 1. The first-order chi connectivity index (χ1) is 13.0. The number of nitrogens with zero attached hydrogens (tertiary/aromatic N) is 2. The van der Waals surface area contributed by atoms with Crippen LogP contribution in [0.5, 0.6) is 0 Å². The van der Waals surface area contributed by atoms with Crippen molar-refractivity contribution in [2.45, 2.75) is 6.42 Å². The largest absolute Gasteiger partial charge is 0.368 e. The van der Waals surface area contributed by atoms with Crippen LogP contribution in [-0.2, 0) is 6.42 Å². The van der Waals surface area contributed by atoms with E-state index in [2.05, 4.69) is 20.8 Å². The summed E-state index contributed by atoms with van der Waals surface area (Å²) in [4.78, 5) is 12.1. The van der Waals surface area contributed by atoms with E-state index in [1.54, 1.807) is 6.07 Å². The Hall–Kier alpha value is -3.06. The summed E-state index contributed by atoms with van der Waals surface area (Å²) in [6, 6.07) is 13.8. The van der Waals surface area contributed by atoms with Crippen LogP contribution in [0.4, 0.5) is 20.3 Å². The third-order valence-electron chi connectivity index (χ3n) is 3.71. The Morgan fingerprint density at radius 3 is 2.41 bits per heavy atom. The van der Waals surface area contributed by atoms with Gasteiger partial charge in [0.05, 0.1) is 0 Å². The normalized spacial score (nSPS) is 10.5. The van der Waals surface area contributed by atoms with Gasteiger partial charge in [-0.1, -0.05) is 23.7 Å². The molecule has 8 heteroatoms. The molecule has 0 aliphatic rings. The van der Waals surface area contributed by atoms with Gasteiger partial charge in [-0.15, -0.1) is 10.2 Å². The molecule has 2 aromatic carbocycles. The predicted molar refractivity (Wildman–Crippen MR) is 100.0 cm³/mol. The van der Waals surface area contributed by atoms with Crippen molar-refractivity contribution in [2.24, 2.45) is 0 Å². The summed E-state index contributed by atoms with van der Waals surface area (Å²) in [6.07, 6.45) is 0.775. The van der Waals surface area contributed by atoms with Crippen LogP contribution in [-0.4, -0.2) is 22.6 Å². The SMILES string of the molecule is O=C(Nc1ccc(F)c(F)c1)c1ccc(NCCc2ccc(Cl)cc2)nn1. The fourth-order valence-electron chi connectivity index (χ4n) is 2.30. The zero-order valence-corrected chi connectivity index (χ0v) is 14.8. The van der Waals surface area contributed by atoms with Crippen molar-refractivity contribution in [2.75, 3.05) is 17.2 Å². The second kappa shape index (κ2) is 8.55. The molecule has 1 amide bonds. The van der Waals surface area contributed by atoms with Gasteiger partial charge in [0.1, 0.15) is 5.82 Å². The summed E-state index contributed by atoms with van der Waals surface area (Å²) in [6.45, 7) is 0.636. The number of aromatic nitrogens is 2. The average molecular weight is 389 g/mol. The van der Waals surface area contributed by atoms with Gasteiger partial charge in [-0.2, -0.15) is 0 Å². The van der Waals surface area contributed by atoms with Gasteiger partial charge in [-0.25, -0.2) is 8.78 Å². The first kappa shape index (κ1) is 18.7. The summed E-state index contributed by atoms with van der Waals surface area (Å²) in [7, 11) is 0. The molecule has 0 fully saturated rings. The zero-order valence-electron chi connectivity index (χ0n) is 14.0. The van der Waals surface area contributed by atoms with Crippen LogP contribution >= 0.6 is 11.6 Å². The fourth-order valence-corrected chi connectivity index (χ4v) is 2.43. The van der Waals surface area contributed by atoms with Crippen LogP contribution in [0.1, 0.15) is 16.1 Å². The van der Waals surface area contributed by atoms with Crippen molar-refractivity contribution >= 4 is 29.0 Å². The Morgan fingerprint density at radius 2 is 1.74 bits per heavy atom. The molecule has 1 aromatic heterocycles. The standard InChI is InChI=1S/C19H15ClF2N4O/c20-13-3-1-12(2-4-13)9-10-23-18-8-7-17(25-26-18)19(27)24-14-5-6-15(21)16(22)11-14/h1-8,11H,9-10H2,(H,23,26)(H,24,27). The van der Waals surface area contributed by atoms with E-state index in [9.17, 15) is 13.6 Å². The molecule has 2 N–H and O–H groups in total. The van der Waals surface area contributed by atoms with Gasteiger partial charge in [0.25, 0.3) is 5.91 Å². The third-order valence-corrected chi connectivity index (χ3v) is 3.96. The van der Waals surface area contributed by atoms with Gasteiger partial charge in [-0.3, -0.25) is 4.79 Å². The van der Waals surface area contributed by atoms with E-state index in [-0.39, 0.29) is 11.4 Å². The van der Waals surface area contributed by atoms with E-state index in [0.29, 0.717) is 17.4 Å². The lowest BCUT2D eigenvalue weighted by Gasteiger charge is -2.07. The number of rotatable bonds is 6. The Kier molecular flexibility index (Phi) is 5.93. The van der Waals surface area contributed by atoms with E-state index >= 15 is 0 Å². The highest BCUT2D eigenvalue weighted by molar-refractivity contribution is 6.30. The van der Waals surface area contributed by atoms with E-state index in [0.717, 1.165) is 24.1 Å². The zero-order chi connectivity index (χ0) is 19.2. The molecule has 0 aliphatic heterocycles. The number of hydrogen-bond acceptors (Lipinski definition) is 4. The van der Waals surface area contributed by atoms with Crippen LogP contribution in [0.3, 0.4) is 0 Å². The lowest BCUT2D eigenvalue weighted by molar-refractivity contribution is 0.102. The van der Waals surface area contributed by atoms with Crippen LogP contribution in [0.2, 0.25) is 5.02 Å². The van der Waals surface area contributed by atoms with Crippen molar-refractivity contribution in [3.05, 3.63) is 82.5 Å². The second-order valence-corrected chi connectivity index (χ2v) is 6.13. The first-order valence-electron chi connectivity index (χ1n) is 8.10. The van der Waals surface area contributed by atoms with Crippen LogP contribution in [0.25, 0.3) is 0 Å². The van der Waals surface area contributed by atoms with Crippen molar-refractivity contribution in [1.82, 2.24) is 10.2 Å². The van der Waals surface area contributed by atoms with Crippen molar-refractivity contribution < 1.29 is 13.6 Å². The molecule has 3 rings (SSSR count). The molecule has 138 valence electrons. The predicted octanol–water partition coefficient (Wildman–Crippen LogP) is 4.32. The van der Waals surface area contributed by atoms with Gasteiger partial charge in [-0.05, 0) is 48.4 Å². The topological polar surface area (TPSA) is 66.9 Å². The van der Waals surface area contributed by atoms with Gasteiger partial charge in [0, 0.05) is 23.3 Å². The molecule has 3 aromatic rings. The monoisotopic (exact) mass is 388 g/mol. The highest BCUT2D eigenvalue weighted by Gasteiger charge is 2.10. The minimum Gasteiger partial charge on any atom is -0.368 e. The lowest BCUT2D eigenvalue weighted by atomic mass is 10.1. The number of halogens is 3. The lowest BCUT2D eigenvalue weighted by Crippen LogP contribution is -2.15. The molecule has 0 radical (unpaired) electrons. The number of amides is 1. The van der Waals surface area contributed by atoms with E-state index in [1.807, 2.05) is 24.3 Å². The molecular formula is C19H15ClF2N4O. The van der Waals surface area contributed by atoms with Crippen molar-refractivity contribution in [3.63, 3.8) is 0 Å². The Morgan fingerprint density at radius 1 is 0.963 bits per heavy atom. The fraction of sp³-hybridized carbons (Fsp3) is 0.105. The third kappa shape index (κ3) is 5.21. The van der Waals surface area contributed by atoms with Gasteiger partial charge in [0.2, 0.25) is 0 Å². The summed E-state index contributed by atoms with van der Waals surface area (Å²) in [5.41, 5.74) is 1.32. The van der Waals surface area contributed by atoms with E-state index in [1.165, 1.54) is 12.1 Å². The number of nitrogens with one attached hydrogen (secondary N) is 2. The molecule has 0 saturated heterocycles. The maximum atomic E-state index is 13.2. The first-order valence-corrected chi connectivity index (χ1v) is 8.47. The number of carbonyl (C=O) groups is 1. The molecule has 1 heterocycles. The molecule has 27 heavy (non-hydrogen) atoms. The summed E-state index contributed by atoms with van der Waals surface area (Å²) < 4.78 is 26.1. The minimum atomic E-state index is -1.04. The molecule has 5 nitrogen and oxygen atoms in total. The Balaban J connectivity index is 1.53. The molecule has 0 bridgehead atoms. The molecule has 0 spiro atoms. The van der Waals surface area contributed by atoms with Gasteiger partial charge in [0.15, 0.2) is 17.3 Å². The molecule has 0 aliphatic carbocycles. The average Bonchev–Trinajstić information content (AvgIpc) is 2.67. The van der Waals surface area contributed by atoms with Gasteiger partial charge >= 0.3 is 0 Å². The quantitative estimate of drug-likeness (QED) is 0.660. The maximum Gasteiger partial charge on any atom is 0.276 e. The molecule has 0 atom stereocenters. The highest BCUT2D eigenvalue weighted by atomic mass is 35.5. The number of benzene rings is 2. The van der Waals surface area contributed by atoms with Crippen LogP contribution in [0.15, 0.2) is 54.6 Å². The second-order valence-electron chi connectivity index (χ2n) is 5.69. The summed E-state index contributed by atoms with van der Waals surface area (Å²) >= 11 is 5.85. The smallest absolute Gasteiger partial charge is 0.276 e. The summed E-state index contributed by atoms with van der Waals surface area (Å²) in [5.74, 6) is -2.07. The number of hydrogen-bond donors (Lipinski definition) is 2. The van der Waals surface area contributed by atoms with E-state index in [4.69, 9.17) is 11.6 Å². The summed E-state index contributed by atoms with van der Waals surface area (Å²) in [5, 5.41) is 14.0. The molecule has 0 unspecified atom stereocenters. The minimum absolute atomic E-state index is 0.0583.